The molecule has 0 aliphatic carbocycles. The number of fused-ring (bicyclic) bond motifs is 1. The molecule has 1 aliphatic rings. The summed E-state index contributed by atoms with van der Waals surface area (Å²) in [7, 11) is 0. The number of amides is 1. The minimum Gasteiger partial charge on any atom is -0.494 e. The maximum atomic E-state index is 13.4. The highest BCUT2D eigenvalue weighted by molar-refractivity contribution is 8.00. The summed E-state index contributed by atoms with van der Waals surface area (Å²) < 4.78 is 47.3. The van der Waals surface area contributed by atoms with Crippen LogP contribution in [0.25, 0.3) is 0 Å². The third-order valence-electron chi connectivity index (χ3n) is 4.90. The van der Waals surface area contributed by atoms with Crippen molar-refractivity contribution in [3.05, 3.63) is 65.5 Å². The van der Waals surface area contributed by atoms with Crippen LogP contribution in [0.1, 0.15) is 29.9 Å². The van der Waals surface area contributed by atoms with Crippen LogP contribution in [0.3, 0.4) is 0 Å². The van der Waals surface area contributed by atoms with Gasteiger partial charge in [-0.05, 0) is 43.7 Å². The molecule has 11 heteroatoms. The zero-order chi connectivity index (χ0) is 22.9. The van der Waals surface area contributed by atoms with Crippen molar-refractivity contribution in [1.82, 2.24) is 14.9 Å². The molecule has 32 heavy (non-hydrogen) atoms. The molecule has 4 rings (SSSR count). The molecule has 3 aromatic rings. The highest BCUT2D eigenvalue weighted by atomic mass is 32.2. The molecule has 0 bridgehead atoms. The number of carbonyl (C=O) groups excluding carboxylic acids is 1. The van der Waals surface area contributed by atoms with Crippen LogP contribution in [0.5, 0.6) is 5.75 Å². The highest BCUT2D eigenvalue weighted by Gasteiger charge is 2.39. The van der Waals surface area contributed by atoms with Crippen molar-refractivity contribution in [1.29, 1.82) is 0 Å². The van der Waals surface area contributed by atoms with E-state index in [9.17, 15) is 18.0 Å². The maximum Gasteiger partial charge on any atom is 0.418 e. The number of nitrogens with one attached hydrogen (secondary N) is 2. The van der Waals surface area contributed by atoms with E-state index in [0.717, 1.165) is 23.4 Å². The predicted octanol–water partition coefficient (Wildman–Crippen LogP) is 4.40. The Balaban J connectivity index is 1.66. The number of aryl methyl sites for hydroxylation is 1. The summed E-state index contributed by atoms with van der Waals surface area (Å²) in [4.78, 5) is 13.2. The molecule has 168 valence electrons. The van der Waals surface area contributed by atoms with Crippen molar-refractivity contribution >= 4 is 23.4 Å². The molecule has 0 spiro atoms. The lowest BCUT2D eigenvalue weighted by Gasteiger charge is -2.33. The molecule has 1 aliphatic heterocycles. The number of hydrogen-bond acceptors (Lipinski definition) is 6. The van der Waals surface area contributed by atoms with Crippen molar-refractivity contribution in [3.8, 4) is 5.75 Å². The number of carbonyl (C=O) groups is 1. The number of thioether (sulfide) groups is 1. The average Bonchev–Trinajstić information content (AvgIpc) is 3.13. The molecule has 7 nitrogen and oxygen atoms in total. The van der Waals surface area contributed by atoms with E-state index in [4.69, 9.17) is 4.74 Å². The lowest BCUT2D eigenvalue weighted by Crippen LogP contribution is -2.41. The number of halogens is 3. The summed E-state index contributed by atoms with van der Waals surface area (Å²) >= 11 is 1.14. The molecule has 2 aromatic carbocycles. The monoisotopic (exact) mass is 463 g/mol. The fourth-order valence-electron chi connectivity index (χ4n) is 3.39. The van der Waals surface area contributed by atoms with Gasteiger partial charge >= 0.3 is 6.18 Å². The third-order valence-corrected chi connectivity index (χ3v) is 6.11. The molecule has 2 heterocycles. The van der Waals surface area contributed by atoms with E-state index in [2.05, 4.69) is 20.9 Å². The van der Waals surface area contributed by atoms with Gasteiger partial charge in [-0.2, -0.15) is 13.2 Å². The summed E-state index contributed by atoms with van der Waals surface area (Å²) in [5, 5.41) is 10.2. The molecule has 1 aromatic heterocycles. The Kier molecular flexibility index (Phi) is 6.00. The van der Waals surface area contributed by atoms with E-state index < -0.39 is 28.9 Å². The molecule has 0 saturated heterocycles. The number of para-hydroxylation sites is 1. The van der Waals surface area contributed by atoms with Gasteiger partial charge in [-0.15, -0.1) is 10.2 Å². The molecule has 2 atom stereocenters. The van der Waals surface area contributed by atoms with Crippen LogP contribution < -0.4 is 15.5 Å². The second kappa shape index (κ2) is 8.73. The Morgan fingerprint density at radius 1 is 1.19 bits per heavy atom. The quantitative estimate of drug-likeness (QED) is 0.584. The van der Waals surface area contributed by atoms with Crippen LogP contribution >= 0.6 is 11.8 Å². The van der Waals surface area contributed by atoms with Gasteiger partial charge in [0, 0.05) is 0 Å². The fourth-order valence-corrected chi connectivity index (χ4v) is 4.52. The Morgan fingerprint density at radius 2 is 1.91 bits per heavy atom. The summed E-state index contributed by atoms with van der Waals surface area (Å²) in [6, 6.07) is 11.6. The summed E-state index contributed by atoms with van der Waals surface area (Å²) in [6.45, 7) is 4.16. The van der Waals surface area contributed by atoms with Gasteiger partial charge in [-0.25, -0.2) is 4.68 Å². The molecule has 0 fully saturated rings. The van der Waals surface area contributed by atoms with Crippen molar-refractivity contribution < 1.29 is 22.7 Å². The van der Waals surface area contributed by atoms with E-state index >= 15 is 0 Å². The SMILES string of the molecule is CCOc1ccc([C@H]2Nn3c(C)nnc3S[C@H]2C(=O)Nc2ccccc2C(F)(F)F)cc1. The van der Waals surface area contributed by atoms with Crippen LogP contribution in [-0.2, 0) is 11.0 Å². The largest absolute Gasteiger partial charge is 0.494 e. The van der Waals surface area contributed by atoms with Crippen LogP contribution in [0.4, 0.5) is 18.9 Å². The summed E-state index contributed by atoms with van der Waals surface area (Å²) in [5.41, 5.74) is 2.79. The number of aromatic nitrogens is 3. The zero-order valence-corrected chi connectivity index (χ0v) is 18.0. The minimum atomic E-state index is -4.59. The Labute approximate surface area is 186 Å². The van der Waals surface area contributed by atoms with E-state index in [1.807, 2.05) is 19.1 Å². The molecular formula is C21H20F3N5O2S. The van der Waals surface area contributed by atoms with Crippen molar-refractivity contribution in [2.75, 3.05) is 17.3 Å². The molecule has 0 radical (unpaired) electrons. The topological polar surface area (TPSA) is 81.1 Å². The number of anilines is 1. The Hall–Kier alpha value is -3.21. The lowest BCUT2D eigenvalue weighted by molar-refractivity contribution is -0.137. The van der Waals surface area contributed by atoms with E-state index in [0.29, 0.717) is 23.3 Å². The number of benzene rings is 2. The first-order valence-corrected chi connectivity index (χ1v) is 10.7. The lowest BCUT2D eigenvalue weighted by atomic mass is 10.0. The smallest absolute Gasteiger partial charge is 0.418 e. The summed E-state index contributed by atoms with van der Waals surface area (Å²) in [5.74, 6) is 0.704. The van der Waals surface area contributed by atoms with Crippen LogP contribution in [0, 0.1) is 6.92 Å². The van der Waals surface area contributed by atoms with Gasteiger partial charge in [0.15, 0.2) is 0 Å². The van der Waals surface area contributed by atoms with Crippen LogP contribution in [-0.4, -0.2) is 32.6 Å². The summed E-state index contributed by atoms with van der Waals surface area (Å²) in [6.07, 6.45) is -4.59. The fraction of sp³-hybridized carbons (Fsp3) is 0.286. The van der Waals surface area contributed by atoms with Gasteiger partial charge in [0.05, 0.1) is 23.9 Å². The van der Waals surface area contributed by atoms with E-state index in [1.165, 1.54) is 18.2 Å². The second-order valence-electron chi connectivity index (χ2n) is 7.05. The molecular weight excluding hydrogens is 443 g/mol. The number of nitrogens with zero attached hydrogens (tertiary/aromatic N) is 3. The Bertz CT molecular complexity index is 1120. The normalized spacial score (nSPS) is 17.9. The number of rotatable bonds is 5. The van der Waals surface area contributed by atoms with Crippen molar-refractivity contribution in [2.45, 2.75) is 36.5 Å². The standard InChI is InChI=1S/C21H20F3N5O2S/c1-3-31-14-10-8-13(9-11-14)17-18(32-20-27-26-12(2)29(20)28-17)19(30)25-16-7-5-4-6-15(16)21(22,23)24/h4-11,17-18,28H,3H2,1-2H3,(H,25,30)/t17-,18-/m1/s1. The van der Waals surface area contributed by atoms with Gasteiger partial charge in [0.25, 0.3) is 0 Å². The Morgan fingerprint density at radius 3 is 2.59 bits per heavy atom. The predicted molar refractivity (Wildman–Crippen MR) is 114 cm³/mol. The zero-order valence-electron chi connectivity index (χ0n) is 17.2. The van der Waals surface area contributed by atoms with Crippen molar-refractivity contribution in [3.63, 3.8) is 0 Å². The average molecular weight is 463 g/mol. The first-order chi connectivity index (χ1) is 15.3. The van der Waals surface area contributed by atoms with E-state index in [1.54, 1.807) is 23.7 Å². The molecule has 1 amide bonds. The number of ether oxygens (including phenoxy) is 1. The van der Waals surface area contributed by atoms with Crippen molar-refractivity contribution in [2.24, 2.45) is 0 Å². The van der Waals surface area contributed by atoms with Gasteiger partial charge in [0.1, 0.15) is 16.8 Å². The second-order valence-corrected chi connectivity index (χ2v) is 8.15. The first-order valence-electron chi connectivity index (χ1n) is 9.83. The van der Waals surface area contributed by atoms with Gasteiger partial charge < -0.3 is 15.5 Å². The molecule has 2 N–H and O–H groups in total. The molecule has 0 saturated carbocycles. The van der Waals surface area contributed by atoms with Crippen LogP contribution in [0.2, 0.25) is 0 Å². The van der Waals surface area contributed by atoms with Gasteiger partial charge in [-0.3, -0.25) is 4.79 Å². The van der Waals surface area contributed by atoms with Gasteiger partial charge in [0.2, 0.25) is 11.1 Å². The van der Waals surface area contributed by atoms with E-state index in [-0.39, 0.29) is 5.69 Å². The first kappa shape index (κ1) is 22.0. The third kappa shape index (κ3) is 4.38. The molecule has 0 unspecified atom stereocenters. The number of hydrogen-bond donors (Lipinski definition) is 2. The number of alkyl halides is 3. The van der Waals surface area contributed by atoms with Gasteiger partial charge in [-0.1, -0.05) is 36.0 Å². The maximum absolute atomic E-state index is 13.4. The highest BCUT2D eigenvalue weighted by Crippen LogP contribution is 2.39. The minimum absolute atomic E-state index is 0.292. The van der Waals surface area contributed by atoms with Crippen LogP contribution in [0.15, 0.2) is 53.7 Å².